The summed E-state index contributed by atoms with van der Waals surface area (Å²) in [5, 5.41) is 10.7. The molecule has 33 heavy (non-hydrogen) atoms. The minimum Gasteiger partial charge on any atom is -0.457 e. The van der Waals surface area contributed by atoms with Gasteiger partial charge in [-0.1, -0.05) is 19.1 Å². The van der Waals surface area contributed by atoms with Crippen molar-refractivity contribution in [1.29, 1.82) is 0 Å². The van der Waals surface area contributed by atoms with Crippen molar-refractivity contribution in [2.45, 2.75) is 26.7 Å². The molecule has 0 atom stereocenters. The van der Waals surface area contributed by atoms with Gasteiger partial charge in [0.05, 0.1) is 9.83 Å². The van der Waals surface area contributed by atoms with E-state index in [0.29, 0.717) is 41.7 Å². The molecule has 2 aromatic rings. The van der Waals surface area contributed by atoms with Crippen LogP contribution in [0.25, 0.3) is 17.4 Å². The van der Waals surface area contributed by atoms with Gasteiger partial charge in [-0.05, 0) is 49.6 Å². The number of thioether (sulfide) groups is 1. The Morgan fingerprint density at radius 1 is 1.24 bits per heavy atom. The number of hydrogen-bond acceptors (Lipinski definition) is 7. The zero-order chi connectivity index (χ0) is 23.7. The predicted octanol–water partition coefficient (Wildman–Crippen LogP) is 4.46. The van der Waals surface area contributed by atoms with Crippen LogP contribution in [0.3, 0.4) is 0 Å². The third-order valence-electron chi connectivity index (χ3n) is 5.89. The Balaban J connectivity index is 1.47. The fraction of sp³-hybridized carbons (Fsp3) is 0.348. The second-order valence-electron chi connectivity index (χ2n) is 8.29. The highest BCUT2D eigenvalue weighted by molar-refractivity contribution is 8.18. The van der Waals surface area contributed by atoms with Crippen LogP contribution in [0.2, 0.25) is 0 Å². The highest BCUT2D eigenvalue weighted by Crippen LogP contribution is 2.34. The number of likely N-dealkylation sites (tertiary alicyclic amines) is 1. The van der Waals surface area contributed by atoms with Gasteiger partial charge in [0.1, 0.15) is 18.1 Å². The van der Waals surface area contributed by atoms with Crippen molar-refractivity contribution in [3.8, 4) is 11.3 Å². The monoisotopic (exact) mass is 469 g/mol. The molecule has 2 saturated heterocycles. The third-order valence-corrected chi connectivity index (χ3v) is 6.80. The SMILES string of the molecule is Cc1ccc(-c2ccc(/C=C3/SC(=O)N(CC(=O)N4CCC(C)CC4)C3=O)o2)cc1[N+](=O)[O-]. The predicted molar refractivity (Wildman–Crippen MR) is 123 cm³/mol. The molecule has 0 saturated carbocycles. The molecule has 0 unspecified atom stereocenters. The van der Waals surface area contributed by atoms with Crippen molar-refractivity contribution in [1.82, 2.24) is 9.80 Å². The Hall–Kier alpha value is -3.40. The Labute approximate surface area is 194 Å². The average Bonchev–Trinajstić information content (AvgIpc) is 3.34. The van der Waals surface area contributed by atoms with E-state index in [0.717, 1.165) is 29.5 Å². The summed E-state index contributed by atoms with van der Waals surface area (Å²) in [5.74, 6) is 0.533. The van der Waals surface area contributed by atoms with Crippen LogP contribution in [0, 0.1) is 23.0 Å². The van der Waals surface area contributed by atoms with Crippen molar-refractivity contribution in [3.05, 3.63) is 56.7 Å². The molecule has 9 nitrogen and oxygen atoms in total. The van der Waals surface area contributed by atoms with Crippen molar-refractivity contribution in [3.63, 3.8) is 0 Å². The summed E-state index contributed by atoms with van der Waals surface area (Å²) in [7, 11) is 0. The molecule has 0 N–H and O–H groups in total. The zero-order valence-corrected chi connectivity index (χ0v) is 19.1. The van der Waals surface area contributed by atoms with Gasteiger partial charge in [-0.15, -0.1) is 0 Å². The lowest BCUT2D eigenvalue weighted by molar-refractivity contribution is -0.385. The standard InChI is InChI=1S/C23H23N3O6S/c1-14-7-9-24(10-8-14)21(27)13-25-22(28)20(33-23(25)29)12-17-5-6-19(32-17)16-4-3-15(2)18(11-16)26(30)31/h3-6,11-12,14H,7-10,13H2,1-2H3/b20-12+. The number of piperidine rings is 1. The number of rotatable bonds is 5. The van der Waals surface area contributed by atoms with Gasteiger partial charge >= 0.3 is 0 Å². The first-order valence-corrected chi connectivity index (χ1v) is 11.4. The van der Waals surface area contributed by atoms with Gasteiger partial charge in [0.2, 0.25) is 5.91 Å². The molecule has 3 amide bonds. The smallest absolute Gasteiger partial charge is 0.294 e. The number of imide groups is 1. The molecule has 2 aliphatic rings. The summed E-state index contributed by atoms with van der Waals surface area (Å²) >= 11 is 0.758. The first-order valence-electron chi connectivity index (χ1n) is 10.6. The summed E-state index contributed by atoms with van der Waals surface area (Å²) in [5.41, 5.74) is 1.05. The maximum absolute atomic E-state index is 12.8. The quantitative estimate of drug-likeness (QED) is 0.361. The summed E-state index contributed by atoms with van der Waals surface area (Å²) in [6, 6.07) is 8.05. The third kappa shape index (κ3) is 4.85. The van der Waals surface area contributed by atoms with Crippen LogP contribution >= 0.6 is 11.8 Å². The van der Waals surface area contributed by atoms with Crippen molar-refractivity contribution in [2.24, 2.45) is 5.92 Å². The van der Waals surface area contributed by atoms with E-state index in [1.165, 1.54) is 12.1 Å². The van der Waals surface area contributed by atoms with Gasteiger partial charge < -0.3 is 9.32 Å². The number of benzene rings is 1. The summed E-state index contributed by atoms with van der Waals surface area (Å²) < 4.78 is 5.74. The molecule has 0 aliphatic carbocycles. The Morgan fingerprint density at radius 3 is 2.67 bits per heavy atom. The molecule has 3 heterocycles. The van der Waals surface area contributed by atoms with Gasteiger partial charge in [0.15, 0.2) is 0 Å². The molecule has 0 radical (unpaired) electrons. The molecule has 1 aromatic carbocycles. The number of carbonyl (C=O) groups excluding carboxylic acids is 3. The molecule has 2 fully saturated rings. The van der Waals surface area contributed by atoms with Crippen molar-refractivity contribution >= 4 is 40.6 Å². The molecule has 172 valence electrons. The summed E-state index contributed by atoms with van der Waals surface area (Å²) in [6.45, 7) is 4.80. The van der Waals surface area contributed by atoms with Gasteiger partial charge in [-0.2, -0.15) is 0 Å². The molecule has 2 aliphatic heterocycles. The van der Waals surface area contributed by atoms with Crippen LogP contribution in [-0.4, -0.2) is 51.4 Å². The Morgan fingerprint density at radius 2 is 1.97 bits per heavy atom. The first kappa shape index (κ1) is 22.8. The Kier molecular flexibility index (Phi) is 6.37. The minimum absolute atomic E-state index is 0.0144. The average molecular weight is 470 g/mol. The lowest BCUT2D eigenvalue weighted by Crippen LogP contribution is -2.45. The van der Waals surface area contributed by atoms with E-state index in [-0.39, 0.29) is 23.0 Å². The number of hydrogen-bond donors (Lipinski definition) is 0. The van der Waals surface area contributed by atoms with Gasteiger partial charge in [0.25, 0.3) is 16.8 Å². The molecule has 0 bridgehead atoms. The van der Waals surface area contributed by atoms with E-state index in [1.54, 1.807) is 36.1 Å². The van der Waals surface area contributed by atoms with E-state index >= 15 is 0 Å². The lowest BCUT2D eigenvalue weighted by atomic mass is 9.99. The maximum atomic E-state index is 12.8. The largest absolute Gasteiger partial charge is 0.457 e. The number of carbonyl (C=O) groups is 3. The van der Waals surface area contributed by atoms with Crippen LogP contribution in [0.5, 0.6) is 0 Å². The second kappa shape index (κ2) is 9.22. The number of nitro benzene ring substituents is 1. The van der Waals surface area contributed by atoms with Gasteiger partial charge in [-0.3, -0.25) is 29.4 Å². The highest BCUT2D eigenvalue weighted by atomic mass is 32.2. The number of nitrogens with zero attached hydrogens (tertiary/aromatic N) is 3. The number of aryl methyl sites for hydroxylation is 1. The molecular weight excluding hydrogens is 446 g/mol. The van der Waals surface area contributed by atoms with E-state index in [9.17, 15) is 24.5 Å². The van der Waals surface area contributed by atoms with Crippen LogP contribution in [0.15, 0.2) is 39.7 Å². The second-order valence-corrected chi connectivity index (χ2v) is 9.28. The number of furan rings is 1. The zero-order valence-electron chi connectivity index (χ0n) is 18.3. The number of amides is 3. The fourth-order valence-corrected chi connectivity index (χ4v) is 4.62. The van der Waals surface area contributed by atoms with E-state index < -0.39 is 16.1 Å². The minimum atomic E-state index is -0.535. The highest BCUT2D eigenvalue weighted by Gasteiger charge is 2.37. The maximum Gasteiger partial charge on any atom is 0.294 e. The van der Waals surface area contributed by atoms with Crippen LogP contribution in [0.1, 0.15) is 31.1 Å². The van der Waals surface area contributed by atoms with Crippen molar-refractivity contribution in [2.75, 3.05) is 19.6 Å². The van der Waals surface area contributed by atoms with E-state index in [1.807, 2.05) is 0 Å². The van der Waals surface area contributed by atoms with Gasteiger partial charge in [0, 0.05) is 36.4 Å². The van der Waals surface area contributed by atoms with Crippen LogP contribution in [0.4, 0.5) is 10.5 Å². The van der Waals surface area contributed by atoms with E-state index in [2.05, 4.69) is 6.92 Å². The normalized spacial score (nSPS) is 18.4. The first-order chi connectivity index (χ1) is 15.7. The lowest BCUT2D eigenvalue weighted by Gasteiger charge is -2.31. The van der Waals surface area contributed by atoms with Crippen molar-refractivity contribution < 1.29 is 23.7 Å². The summed E-state index contributed by atoms with van der Waals surface area (Å²) in [4.78, 5) is 51.3. The number of nitro groups is 1. The topological polar surface area (TPSA) is 114 Å². The Bertz CT molecular complexity index is 1160. The van der Waals surface area contributed by atoms with Crippen LogP contribution < -0.4 is 0 Å². The molecule has 4 rings (SSSR count). The van der Waals surface area contributed by atoms with Crippen LogP contribution in [-0.2, 0) is 9.59 Å². The molecule has 10 heteroatoms. The summed E-state index contributed by atoms with van der Waals surface area (Å²) in [6.07, 6.45) is 3.28. The van der Waals surface area contributed by atoms with E-state index in [4.69, 9.17) is 4.42 Å². The van der Waals surface area contributed by atoms with Gasteiger partial charge in [-0.25, -0.2) is 0 Å². The molecule has 0 spiro atoms. The molecular formula is C23H23N3O6S. The fourth-order valence-electron chi connectivity index (χ4n) is 3.80. The molecule has 1 aromatic heterocycles.